The Balaban J connectivity index is 1.91. The number of aliphatic carboxylic acids is 1. The summed E-state index contributed by atoms with van der Waals surface area (Å²) >= 11 is 0. The molecular formula is C23H29N5O5. The number of urea groups is 1. The maximum absolute atomic E-state index is 13.3. The highest BCUT2D eigenvalue weighted by Gasteiger charge is 2.51. The molecule has 1 aromatic rings. The first kappa shape index (κ1) is 24.1. The summed E-state index contributed by atoms with van der Waals surface area (Å²) in [6.07, 6.45) is 5.67. The number of nitrogens with zero attached hydrogens (tertiary/aromatic N) is 4. The molecule has 2 fully saturated rings. The lowest BCUT2D eigenvalue weighted by Crippen LogP contribution is -2.76. The van der Waals surface area contributed by atoms with E-state index in [0.717, 1.165) is 18.4 Å². The van der Waals surface area contributed by atoms with Gasteiger partial charge in [0.15, 0.2) is 0 Å². The fourth-order valence-electron chi connectivity index (χ4n) is 4.21. The van der Waals surface area contributed by atoms with Crippen LogP contribution in [0.4, 0.5) is 4.79 Å². The van der Waals surface area contributed by atoms with Crippen LogP contribution >= 0.6 is 0 Å². The van der Waals surface area contributed by atoms with E-state index in [1.807, 2.05) is 37.3 Å². The first-order valence-electron chi connectivity index (χ1n) is 11.0. The van der Waals surface area contributed by atoms with Crippen molar-refractivity contribution in [2.45, 2.75) is 44.9 Å². The third-order valence-electron chi connectivity index (χ3n) is 5.75. The van der Waals surface area contributed by atoms with Crippen molar-refractivity contribution in [1.29, 1.82) is 0 Å². The van der Waals surface area contributed by atoms with Crippen LogP contribution in [0.2, 0.25) is 0 Å². The number of hydrogen-bond donors (Lipinski definition) is 2. The molecule has 0 bridgehead atoms. The van der Waals surface area contributed by atoms with Crippen molar-refractivity contribution in [2.75, 3.05) is 26.2 Å². The first-order valence-corrected chi connectivity index (χ1v) is 11.0. The van der Waals surface area contributed by atoms with Crippen LogP contribution in [-0.4, -0.2) is 87.1 Å². The average Bonchev–Trinajstić information content (AvgIpc) is 2.79. The molecule has 2 aliphatic heterocycles. The molecule has 3 rings (SSSR count). The molecule has 0 saturated carbocycles. The molecule has 0 unspecified atom stereocenters. The number of carboxylic acids is 1. The van der Waals surface area contributed by atoms with E-state index in [1.165, 1.54) is 14.9 Å². The van der Waals surface area contributed by atoms with Gasteiger partial charge >= 0.3 is 12.0 Å². The Morgan fingerprint density at radius 2 is 1.97 bits per heavy atom. The molecule has 2 N–H and O–H groups in total. The van der Waals surface area contributed by atoms with E-state index in [1.54, 1.807) is 4.90 Å². The lowest BCUT2D eigenvalue weighted by Gasteiger charge is -2.54. The van der Waals surface area contributed by atoms with Gasteiger partial charge in [-0.05, 0) is 12.0 Å². The zero-order valence-corrected chi connectivity index (χ0v) is 18.6. The van der Waals surface area contributed by atoms with Gasteiger partial charge in [-0.3, -0.25) is 14.4 Å². The van der Waals surface area contributed by atoms with E-state index >= 15 is 0 Å². The molecular weight excluding hydrogens is 426 g/mol. The van der Waals surface area contributed by atoms with E-state index in [4.69, 9.17) is 6.42 Å². The molecule has 2 heterocycles. The number of hydrogen-bond acceptors (Lipinski definition) is 5. The zero-order chi connectivity index (χ0) is 24.0. The SMILES string of the molecule is C#CCN1CC(=O)N2[C@@H](CC(=O)O)C(=O)N(CCCC)C[C@@H]2N1C(=O)NCc1ccccc1. The number of carbonyl (C=O) groups is 4. The van der Waals surface area contributed by atoms with Gasteiger partial charge in [0.25, 0.3) is 0 Å². The lowest BCUT2D eigenvalue weighted by molar-refractivity contribution is -0.190. The smallest absolute Gasteiger partial charge is 0.334 e. The summed E-state index contributed by atoms with van der Waals surface area (Å²) in [5.74, 6) is 0.433. The molecule has 1 aromatic carbocycles. The van der Waals surface area contributed by atoms with Crippen molar-refractivity contribution in [1.82, 2.24) is 25.1 Å². The molecule has 0 aliphatic carbocycles. The lowest BCUT2D eigenvalue weighted by atomic mass is 10.0. The molecule has 176 valence electrons. The van der Waals surface area contributed by atoms with E-state index in [2.05, 4.69) is 11.2 Å². The molecule has 10 heteroatoms. The summed E-state index contributed by atoms with van der Waals surface area (Å²) in [4.78, 5) is 53.7. The van der Waals surface area contributed by atoms with Crippen LogP contribution in [0, 0.1) is 12.3 Å². The molecule has 2 atom stereocenters. The van der Waals surface area contributed by atoms with E-state index in [-0.39, 0.29) is 26.2 Å². The van der Waals surface area contributed by atoms with Crippen LogP contribution in [0.25, 0.3) is 0 Å². The Kier molecular flexibility index (Phi) is 7.90. The number of benzene rings is 1. The van der Waals surface area contributed by atoms with Crippen LogP contribution in [0.5, 0.6) is 0 Å². The Bertz CT molecular complexity index is 931. The highest BCUT2D eigenvalue weighted by molar-refractivity contribution is 5.93. The van der Waals surface area contributed by atoms with Gasteiger partial charge in [0, 0.05) is 13.1 Å². The molecule has 0 radical (unpaired) electrons. The molecule has 0 aromatic heterocycles. The molecule has 10 nitrogen and oxygen atoms in total. The minimum Gasteiger partial charge on any atom is -0.481 e. The average molecular weight is 456 g/mol. The number of carbonyl (C=O) groups excluding carboxylic acids is 3. The summed E-state index contributed by atoms with van der Waals surface area (Å²) in [5.41, 5.74) is 0.895. The quantitative estimate of drug-likeness (QED) is 0.558. The summed E-state index contributed by atoms with van der Waals surface area (Å²) in [5, 5.41) is 15.1. The fraction of sp³-hybridized carbons (Fsp3) is 0.478. The van der Waals surface area contributed by atoms with Crippen molar-refractivity contribution >= 4 is 23.8 Å². The number of terminal acetylenes is 1. The normalized spacial score (nSPS) is 20.9. The third-order valence-corrected chi connectivity index (χ3v) is 5.75. The van der Waals surface area contributed by atoms with Gasteiger partial charge in [-0.15, -0.1) is 6.42 Å². The number of fused-ring (bicyclic) bond motifs is 1. The van der Waals surface area contributed by atoms with Gasteiger partial charge in [0.2, 0.25) is 11.8 Å². The number of piperazine rings is 1. The minimum absolute atomic E-state index is 0.0152. The van der Waals surface area contributed by atoms with Gasteiger partial charge in [-0.2, -0.15) is 5.01 Å². The molecule has 2 saturated heterocycles. The van der Waals surface area contributed by atoms with E-state index < -0.39 is 42.4 Å². The second-order valence-electron chi connectivity index (χ2n) is 8.05. The van der Waals surface area contributed by atoms with Gasteiger partial charge in [0.05, 0.1) is 26.1 Å². The molecule has 33 heavy (non-hydrogen) atoms. The van der Waals surface area contributed by atoms with Crippen LogP contribution in [0.15, 0.2) is 30.3 Å². The topological polar surface area (TPSA) is 114 Å². The zero-order valence-electron chi connectivity index (χ0n) is 18.6. The first-order chi connectivity index (χ1) is 15.9. The van der Waals surface area contributed by atoms with Crippen LogP contribution in [0.3, 0.4) is 0 Å². The number of carboxylic acid groups (broad SMARTS) is 1. The van der Waals surface area contributed by atoms with Crippen LogP contribution in [0.1, 0.15) is 31.7 Å². The summed E-state index contributed by atoms with van der Waals surface area (Å²) in [6.45, 7) is 2.54. The van der Waals surface area contributed by atoms with Crippen molar-refractivity contribution in [3.8, 4) is 12.3 Å². The van der Waals surface area contributed by atoms with Gasteiger partial charge in [-0.1, -0.05) is 49.6 Å². The maximum Gasteiger partial charge on any atom is 0.334 e. The van der Waals surface area contributed by atoms with Crippen molar-refractivity contribution in [3.05, 3.63) is 35.9 Å². The number of rotatable bonds is 8. The largest absolute Gasteiger partial charge is 0.481 e. The Morgan fingerprint density at radius 3 is 2.61 bits per heavy atom. The number of amides is 4. The second-order valence-corrected chi connectivity index (χ2v) is 8.05. The van der Waals surface area contributed by atoms with Gasteiger partial charge < -0.3 is 20.2 Å². The predicted molar refractivity (Wildman–Crippen MR) is 119 cm³/mol. The molecule has 0 spiro atoms. The standard InChI is InChI=1S/C23H29N5O5/c1-3-5-12-25-15-19-27(18(22(25)32)13-21(30)31)20(29)16-26(11-4-2)28(19)23(33)24-14-17-9-7-6-8-10-17/h2,6-10,18-19H,3,5,11-16H2,1H3,(H,24,33)(H,30,31)/t18-,19-/m0/s1. The van der Waals surface area contributed by atoms with E-state index in [9.17, 15) is 24.3 Å². The Labute approximate surface area is 193 Å². The van der Waals surface area contributed by atoms with Crippen molar-refractivity contribution < 1.29 is 24.3 Å². The van der Waals surface area contributed by atoms with Crippen molar-refractivity contribution in [3.63, 3.8) is 0 Å². The minimum atomic E-state index is -1.19. The Morgan fingerprint density at radius 1 is 1.24 bits per heavy atom. The number of unbranched alkanes of at least 4 members (excludes halogenated alkanes) is 1. The summed E-state index contributed by atoms with van der Waals surface area (Å²) in [6, 6.07) is 7.70. The van der Waals surface area contributed by atoms with Crippen molar-refractivity contribution in [2.24, 2.45) is 0 Å². The summed E-state index contributed by atoms with van der Waals surface area (Å²) < 4.78 is 0. The number of nitrogens with one attached hydrogen (secondary N) is 1. The highest BCUT2D eigenvalue weighted by Crippen LogP contribution is 2.28. The third kappa shape index (κ3) is 5.43. The summed E-state index contributed by atoms with van der Waals surface area (Å²) in [7, 11) is 0. The second kappa shape index (κ2) is 10.8. The highest BCUT2D eigenvalue weighted by atomic mass is 16.4. The van der Waals surface area contributed by atoms with Crippen LogP contribution < -0.4 is 5.32 Å². The van der Waals surface area contributed by atoms with E-state index in [0.29, 0.717) is 6.54 Å². The van der Waals surface area contributed by atoms with Crippen LogP contribution in [-0.2, 0) is 20.9 Å². The maximum atomic E-state index is 13.3. The molecule has 4 amide bonds. The fourth-order valence-corrected chi connectivity index (χ4v) is 4.21. The monoisotopic (exact) mass is 455 g/mol. The number of hydrazine groups is 1. The predicted octanol–water partition coefficient (Wildman–Crippen LogP) is 0.702. The Hall–Kier alpha value is -3.58. The van der Waals surface area contributed by atoms with Gasteiger partial charge in [-0.25, -0.2) is 9.80 Å². The van der Waals surface area contributed by atoms with Gasteiger partial charge in [0.1, 0.15) is 12.2 Å². The molecule has 2 aliphatic rings.